The van der Waals surface area contributed by atoms with Crippen LogP contribution >= 0.6 is 0 Å². The Balaban J connectivity index is 2.69. The lowest BCUT2D eigenvalue weighted by atomic mass is 9.98. The maximum absolute atomic E-state index is 13.2. The zero-order valence-corrected chi connectivity index (χ0v) is 10.9. The molecule has 0 unspecified atom stereocenters. The van der Waals surface area contributed by atoms with E-state index in [1.54, 1.807) is 0 Å². The van der Waals surface area contributed by atoms with Crippen LogP contribution in [0.4, 0.5) is 10.1 Å². The molecule has 0 spiro atoms. The van der Waals surface area contributed by atoms with E-state index in [4.69, 9.17) is 4.74 Å². The molecule has 6 nitrogen and oxygen atoms in total. The second-order valence-electron chi connectivity index (χ2n) is 4.14. The molecule has 2 aromatic rings. The van der Waals surface area contributed by atoms with Gasteiger partial charge in [0.1, 0.15) is 11.6 Å². The number of aromatic carboxylic acids is 1. The van der Waals surface area contributed by atoms with Gasteiger partial charge in [0.05, 0.1) is 17.6 Å². The summed E-state index contributed by atoms with van der Waals surface area (Å²) in [5.74, 6) is -1.71. The summed E-state index contributed by atoms with van der Waals surface area (Å²) >= 11 is 0. The van der Waals surface area contributed by atoms with Crippen LogP contribution in [0.2, 0.25) is 0 Å². The standard InChI is InChI=1S/C14H10FNO5/c1-21-13-6-8(15)2-4-11(13)10-5-3-9(16(19)20)7-12(10)14(17)18/h2-7H,1H3,(H,17,18). The molecule has 0 heterocycles. The molecule has 0 saturated carbocycles. The Morgan fingerprint density at radius 1 is 1.24 bits per heavy atom. The molecule has 0 atom stereocenters. The molecule has 1 N–H and O–H groups in total. The second kappa shape index (κ2) is 5.58. The molecule has 0 aliphatic carbocycles. The number of carboxylic acid groups (broad SMARTS) is 1. The highest BCUT2D eigenvalue weighted by Crippen LogP contribution is 2.34. The first-order valence-corrected chi connectivity index (χ1v) is 5.79. The molecule has 0 aromatic heterocycles. The van der Waals surface area contributed by atoms with Crippen LogP contribution in [0.5, 0.6) is 5.75 Å². The first-order valence-electron chi connectivity index (χ1n) is 5.79. The van der Waals surface area contributed by atoms with Crippen molar-refractivity contribution in [2.75, 3.05) is 7.11 Å². The second-order valence-corrected chi connectivity index (χ2v) is 4.14. The van der Waals surface area contributed by atoms with Crippen molar-refractivity contribution in [1.29, 1.82) is 0 Å². The number of halogens is 1. The minimum absolute atomic E-state index is 0.145. The number of carboxylic acids is 1. The summed E-state index contributed by atoms with van der Waals surface area (Å²) in [5, 5.41) is 19.9. The number of rotatable bonds is 4. The number of nitro groups is 1. The fourth-order valence-electron chi connectivity index (χ4n) is 1.95. The Morgan fingerprint density at radius 3 is 2.48 bits per heavy atom. The molecule has 21 heavy (non-hydrogen) atoms. The lowest BCUT2D eigenvalue weighted by Crippen LogP contribution is -2.02. The van der Waals surface area contributed by atoms with Gasteiger partial charge in [-0.2, -0.15) is 0 Å². The summed E-state index contributed by atoms with van der Waals surface area (Å²) in [6.07, 6.45) is 0. The van der Waals surface area contributed by atoms with E-state index in [0.717, 1.165) is 18.2 Å². The predicted molar refractivity (Wildman–Crippen MR) is 72.0 cm³/mol. The number of non-ortho nitro benzene ring substituents is 1. The van der Waals surface area contributed by atoms with Crippen LogP contribution in [0.1, 0.15) is 10.4 Å². The number of nitro benzene ring substituents is 1. The Labute approximate surface area is 118 Å². The third-order valence-electron chi connectivity index (χ3n) is 2.90. The Morgan fingerprint density at radius 2 is 1.90 bits per heavy atom. The zero-order chi connectivity index (χ0) is 15.6. The van der Waals surface area contributed by atoms with Crippen molar-refractivity contribution < 1.29 is 24.0 Å². The van der Waals surface area contributed by atoms with E-state index < -0.39 is 16.7 Å². The molecule has 0 fully saturated rings. The van der Waals surface area contributed by atoms with Crippen LogP contribution in [0.15, 0.2) is 36.4 Å². The van der Waals surface area contributed by atoms with Gasteiger partial charge in [-0.25, -0.2) is 9.18 Å². The van der Waals surface area contributed by atoms with Crippen molar-refractivity contribution in [3.8, 4) is 16.9 Å². The van der Waals surface area contributed by atoms with Crippen LogP contribution in [-0.4, -0.2) is 23.1 Å². The van der Waals surface area contributed by atoms with E-state index in [0.29, 0.717) is 5.56 Å². The van der Waals surface area contributed by atoms with Gasteiger partial charge in [0.25, 0.3) is 5.69 Å². The summed E-state index contributed by atoms with van der Waals surface area (Å²) in [6, 6.07) is 7.08. The molecule has 0 bridgehead atoms. The van der Waals surface area contributed by atoms with Crippen LogP contribution in [-0.2, 0) is 0 Å². The molecule has 0 radical (unpaired) electrons. The van der Waals surface area contributed by atoms with Crippen molar-refractivity contribution >= 4 is 11.7 Å². The zero-order valence-electron chi connectivity index (χ0n) is 10.9. The van der Waals surface area contributed by atoms with Gasteiger partial charge < -0.3 is 9.84 Å². The minimum Gasteiger partial charge on any atom is -0.496 e. The molecule has 2 aromatic carbocycles. The van der Waals surface area contributed by atoms with E-state index in [1.807, 2.05) is 0 Å². The minimum atomic E-state index is -1.32. The molecule has 2 rings (SSSR count). The monoisotopic (exact) mass is 291 g/mol. The van der Waals surface area contributed by atoms with Gasteiger partial charge in [0.2, 0.25) is 0 Å². The highest BCUT2D eigenvalue weighted by Gasteiger charge is 2.19. The number of hydrogen-bond donors (Lipinski definition) is 1. The van der Waals surface area contributed by atoms with Gasteiger partial charge >= 0.3 is 5.97 Å². The maximum Gasteiger partial charge on any atom is 0.336 e. The summed E-state index contributed by atoms with van der Waals surface area (Å²) in [4.78, 5) is 21.3. The lowest BCUT2D eigenvalue weighted by molar-refractivity contribution is -0.384. The first kappa shape index (κ1) is 14.4. The van der Waals surface area contributed by atoms with Gasteiger partial charge in [0.15, 0.2) is 0 Å². The van der Waals surface area contributed by atoms with Crippen molar-refractivity contribution in [3.05, 3.63) is 57.9 Å². The van der Waals surface area contributed by atoms with E-state index in [9.17, 15) is 24.4 Å². The van der Waals surface area contributed by atoms with E-state index in [1.165, 1.54) is 25.3 Å². The van der Waals surface area contributed by atoms with Crippen molar-refractivity contribution in [2.24, 2.45) is 0 Å². The molecule has 0 aliphatic heterocycles. The summed E-state index contributed by atoms with van der Waals surface area (Å²) in [6.45, 7) is 0. The first-order chi connectivity index (χ1) is 9.93. The van der Waals surface area contributed by atoms with Crippen LogP contribution in [0.25, 0.3) is 11.1 Å². The predicted octanol–water partition coefficient (Wildman–Crippen LogP) is 3.11. The number of benzene rings is 2. The average Bonchev–Trinajstić information content (AvgIpc) is 2.46. The van der Waals surface area contributed by atoms with E-state index in [-0.39, 0.29) is 22.6 Å². The smallest absolute Gasteiger partial charge is 0.336 e. The molecule has 7 heteroatoms. The Bertz CT molecular complexity index is 729. The molecule has 0 saturated heterocycles. The number of ether oxygens (including phenoxy) is 1. The highest BCUT2D eigenvalue weighted by atomic mass is 19.1. The largest absolute Gasteiger partial charge is 0.496 e. The van der Waals surface area contributed by atoms with Crippen LogP contribution in [0, 0.1) is 15.9 Å². The highest BCUT2D eigenvalue weighted by molar-refractivity contribution is 5.97. The Hall–Kier alpha value is -2.96. The van der Waals surface area contributed by atoms with Gasteiger partial charge in [-0.3, -0.25) is 10.1 Å². The molecule has 0 aliphatic rings. The Kier molecular flexibility index (Phi) is 3.84. The lowest BCUT2D eigenvalue weighted by Gasteiger charge is -2.11. The van der Waals surface area contributed by atoms with Crippen LogP contribution in [0.3, 0.4) is 0 Å². The summed E-state index contributed by atoms with van der Waals surface area (Å²) in [7, 11) is 1.32. The number of carbonyl (C=O) groups is 1. The number of methoxy groups -OCH3 is 1. The molecule has 108 valence electrons. The van der Waals surface area contributed by atoms with Crippen molar-refractivity contribution in [1.82, 2.24) is 0 Å². The van der Waals surface area contributed by atoms with Gasteiger partial charge in [0, 0.05) is 29.3 Å². The van der Waals surface area contributed by atoms with E-state index >= 15 is 0 Å². The van der Waals surface area contributed by atoms with Gasteiger partial charge in [-0.15, -0.1) is 0 Å². The third kappa shape index (κ3) is 2.81. The normalized spacial score (nSPS) is 10.2. The summed E-state index contributed by atoms with van der Waals surface area (Å²) < 4.78 is 18.2. The maximum atomic E-state index is 13.2. The summed E-state index contributed by atoms with van der Waals surface area (Å²) in [5.41, 5.74) is -0.0394. The van der Waals surface area contributed by atoms with Crippen molar-refractivity contribution in [2.45, 2.75) is 0 Å². The number of hydrogen-bond acceptors (Lipinski definition) is 4. The third-order valence-corrected chi connectivity index (χ3v) is 2.90. The molecular weight excluding hydrogens is 281 g/mol. The van der Waals surface area contributed by atoms with Gasteiger partial charge in [-0.05, 0) is 18.2 Å². The fourth-order valence-corrected chi connectivity index (χ4v) is 1.95. The molecular formula is C14H10FNO5. The SMILES string of the molecule is COc1cc(F)ccc1-c1ccc([N+](=O)[O-])cc1C(=O)O. The fraction of sp³-hybridized carbons (Fsp3) is 0.0714. The van der Waals surface area contributed by atoms with Crippen LogP contribution < -0.4 is 4.74 Å². The topological polar surface area (TPSA) is 89.7 Å². The quantitative estimate of drug-likeness (QED) is 0.690. The average molecular weight is 291 g/mol. The van der Waals surface area contributed by atoms with Crippen molar-refractivity contribution in [3.63, 3.8) is 0 Å². The van der Waals surface area contributed by atoms with Gasteiger partial charge in [-0.1, -0.05) is 0 Å². The number of nitrogens with zero attached hydrogens (tertiary/aromatic N) is 1. The molecule has 0 amide bonds. The van der Waals surface area contributed by atoms with E-state index in [2.05, 4.69) is 0 Å².